The number of benzene rings is 2. The van der Waals surface area contributed by atoms with Gasteiger partial charge in [-0.15, -0.1) is 0 Å². The molecule has 0 radical (unpaired) electrons. The van der Waals surface area contributed by atoms with Crippen molar-refractivity contribution < 1.29 is 24.6 Å². The zero-order chi connectivity index (χ0) is 16.8. The van der Waals surface area contributed by atoms with Crippen LogP contribution >= 0.6 is 0 Å². The normalized spacial score (nSPS) is 12.0. The molecular weight excluding hydrogens is 296 g/mol. The number of hydrogen-bond acceptors (Lipinski definition) is 4. The zero-order valence-electron chi connectivity index (χ0n) is 12.0. The number of aromatic hydroxyl groups is 1. The Morgan fingerprint density at radius 3 is 2.13 bits per heavy atom. The third-order valence-electron chi connectivity index (χ3n) is 3.20. The van der Waals surface area contributed by atoms with Gasteiger partial charge in [-0.2, -0.15) is 0 Å². The van der Waals surface area contributed by atoms with Crippen molar-refractivity contribution in [1.82, 2.24) is 0 Å². The number of allylic oxidation sites excluding steroid dienone is 1. The third kappa shape index (κ3) is 3.91. The Bertz CT molecular complexity index is 762. The molecule has 5 heteroatoms. The number of ketones is 2. The summed E-state index contributed by atoms with van der Waals surface area (Å²) in [7, 11) is 0. The number of carbonyl (C=O) groups is 3. The lowest BCUT2D eigenvalue weighted by atomic mass is 9.92. The number of carbonyl (C=O) groups excluding carboxylic acids is 2. The van der Waals surface area contributed by atoms with Gasteiger partial charge < -0.3 is 10.2 Å². The molecule has 2 aromatic rings. The molecule has 0 aliphatic carbocycles. The molecule has 0 amide bonds. The van der Waals surface area contributed by atoms with E-state index < -0.39 is 23.5 Å². The predicted molar refractivity (Wildman–Crippen MR) is 84.0 cm³/mol. The molecule has 2 aromatic carbocycles. The fraction of sp³-hybridized carbons (Fsp3) is 0.0556. The number of hydrogen-bond donors (Lipinski definition) is 2. The fourth-order valence-electron chi connectivity index (χ4n) is 2.04. The lowest BCUT2D eigenvalue weighted by Gasteiger charge is -2.09. The van der Waals surface area contributed by atoms with E-state index in [1.165, 1.54) is 30.3 Å². The minimum absolute atomic E-state index is 0.193. The van der Waals surface area contributed by atoms with Gasteiger partial charge in [0.2, 0.25) is 0 Å². The smallest absolute Gasteiger partial charge is 0.322 e. The fourth-order valence-corrected chi connectivity index (χ4v) is 2.04. The van der Waals surface area contributed by atoms with E-state index in [-0.39, 0.29) is 11.3 Å². The highest BCUT2D eigenvalue weighted by Gasteiger charge is 2.34. The summed E-state index contributed by atoms with van der Waals surface area (Å²) >= 11 is 0. The number of phenolic OH excluding ortho intramolecular Hbond substituents is 1. The number of carboxylic acid groups (broad SMARTS) is 1. The summed E-state index contributed by atoms with van der Waals surface area (Å²) in [6.07, 6.45) is 2.50. The first-order valence-electron chi connectivity index (χ1n) is 6.82. The Hall–Kier alpha value is -3.21. The second kappa shape index (κ2) is 7.17. The molecule has 0 saturated heterocycles. The van der Waals surface area contributed by atoms with E-state index in [1.807, 2.05) is 0 Å². The van der Waals surface area contributed by atoms with Crippen molar-refractivity contribution >= 4 is 23.6 Å². The van der Waals surface area contributed by atoms with E-state index in [0.717, 1.165) is 6.08 Å². The molecule has 0 saturated carbocycles. The van der Waals surface area contributed by atoms with E-state index in [1.54, 1.807) is 30.3 Å². The molecule has 0 bridgehead atoms. The van der Waals surface area contributed by atoms with Crippen LogP contribution in [0.5, 0.6) is 5.75 Å². The van der Waals surface area contributed by atoms with E-state index in [2.05, 4.69) is 0 Å². The maximum absolute atomic E-state index is 12.3. The first kappa shape index (κ1) is 16.2. The van der Waals surface area contributed by atoms with Crippen LogP contribution in [-0.2, 0) is 9.59 Å². The Morgan fingerprint density at radius 1 is 0.913 bits per heavy atom. The largest absolute Gasteiger partial charge is 0.507 e. The minimum atomic E-state index is -1.89. The number of rotatable bonds is 6. The second-order valence-electron chi connectivity index (χ2n) is 4.80. The van der Waals surface area contributed by atoms with Crippen molar-refractivity contribution in [2.24, 2.45) is 5.92 Å². The lowest BCUT2D eigenvalue weighted by Crippen LogP contribution is -2.30. The Labute approximate surface area is 132 Å². The van der Waals surface area contributed by atoms with E-state index >= 15 is 0 Å². The van der Waals surface area contributed by atoms with Gasteiger partial charge in [-0.3, -0.25) is 14.4 Å². The van der Waals surface area contributed by atoms with Crippen molar-refractivity contribution in [2.45, 2.75) is 0 Å². The topological polar surface area (TPSA) is 91.7 Å². The molecule has 1 unspecified atom stereocenters. The van der Waals surface area contributed by atoms with Crippen LogP contribution in [0.25, 0.3) is 6.08 Å². The number of carboxylic acids is 1. The van der Waals surface area contributed by atoms with Crippen LogP contribution in [0.15, 0.2) is 60.7 Å². The van der Waals surface area contributed by atoms with Gasteiger partial charge in [-0.1, -0.05) is 48.5 Å². The van der Waals surface area contributed by atoms with Gasteiger partial charge >= 0.3 is 5.97 Å². The number of phenols is 1. The van der Waals surface area contributed by atoms with Crippen LogP contribution in [0.4, 0.5) is 0 Å². The highest BCUT2D eigenvalue weighted by atomic mass is 16.4. The first-order valence-corrected chi connectivity index (χ1v) is 6.82. The Kier molecular flexibility index (Phi) is 5.04. The van der Waals surface area contributed by atoms with Gasteiger partial charge in [0.15, 0.2) is 17.5 Å². The van der Waals surface area contributed by atoms with Gasteiger partial charge in [0, 0.05) is 0 Å². The Morgan fingerprint density at radius 2 is 1.52 bits per heavy atom. The highest BCUT2D eigenvalue weighted by molar-refractivity contribution is 6.25. The van der Waals surface area contributed by atoms with E-state index in [0.29, 0.717) is 5.56 Å². The molecule has 0 fully saturated rings. The molecule has 5 nitrogen and oxygen atoms in total. The number of Topliss-reactive ketones (excluding diaryl/α,β-unsaturated/α-hetero) is 1. The quantitative estimate of drug-likeness (QED) is 0.486. The number of para-hydroxylation sites is 1. The summed E-state index contributed by atoms with van der Waals surface area (Å²) < 4.78 is 0. The molecule has 0 heterocycles. The van der Waals surface area contributed by atoms with Crippen LogP contribution in [-0.4, -0.2) is 27.7 Å². The van der Waals surface area contributed by atoms with Crippen molar-refractivity contribution in [2.75, 3.05) is 0 Å². The van der Waals surface area contributed by atoms with Crippen LogP contribution in [0.1, 0.15) is 15.9 Å². The van der Waals surface area contributed by atoms with Gasteiger partial charge in [-0.05, 0) is 23.8 Å². The molecule has 2 rings (SSSR count). The first-order chi connectivity index (χ1) is 11.0. The lowest BCUT2D eigenvalue weighted by molar-refractivity contribution is -0.142. The van der Waals surface area contributed by atoms with E-state index in [9.17, 15) is 24.6 Å². The van der Waals surface area contributed by atoms with Crippen molar-refractivity contribution in [3.63, 3.8) is 0 Å². The molecule has 0 aliphatic heterocycles. The predicted octanol–water partition coefficient (Wildman–Crippen LogP) is 2.56. The van der Waals surface area contributed by atoms with Crippen LogP contribution in [0.2, 0.25) is 0 Å². The maximum Gasteiger partial charge on any atom is 0.322 e. The minimum Gasteiger partial charge on any atom is -0.507 e. The summed E-state index contributed by atoms with van der Waals surface area (Å²) in [6, 6.07) is 14.3. The van der Waals surface area contributed by atoms with Gasteiger partial charge in [0.05, 0.1) is 5.56 Å². The SMILES string of the molecule is O=C(O)C(C(=O)C=Cc1ccccc1)C(=O)c1ccccc1O. The summed E-state index contributed by atoms with van der Waals surface area (Å²) in [5.41, 5.74) is 0.515. The molecule has 2 N–H and O–H groups in total. The molecule has 0 spiro atoms. The highest BCUT2D eigenvalue weighted by Crippen LogP contribution is 2.21. The van der Waals surface area contributed by atoms with Crippen molar-refractivity contribution in [1.29, 1.82) is 0 Å². The average Bonchev–Trinajstić information content (AvgIpc) is 2.54. The summed E-state index contributed by atoms with van der Waals surface area (Å²) in [5.74, 6) is -5.60. The second-order valence-corrected chi connectivity index (χ2v) is 4.80. The standard InChI is InChI=1S/C18H14O5/c19-14-9-5-4-8-13(14)17(21)16(18(22)23)15(20)11-10-12-6-2-1-3-7-12/h1-11,16,19H,(H,22,23). The maximum atomic E-state index is 12.3. The van der Waals surface area contributed by atoms with Crippen LogP contribution in [0.3, 0.4) is 0 Å². The Balaban J connectivity index is 2.26. The summed E-state index contributed by atoms with van der Waals surface area (Å²) in [6.45, 7) is 0. The summed E-state index contributed by atoms with van der Waals surface area (Å²) in [4.78, 5) is 35.7. The van der Waals surface area contributed by atoms with Crippen LogP contribution < -0.4 is 0 Å². The zero-order valence-corrected chi connectivity index (χ0v) is 12.0. The van der Waals surface area contributed by atoms with Gasteiger partial charge in [0.25, 0.3) is 0 Å². The van der Waals surface area contributed by atoms with Gasteiger partial charge in [-0.25, -0.2) is 0 Å². The number of aliphatic carboxylic acids is 1. The van der Waals surface area contributed by atoms with E-state index in [4.69, 9.17) is 0 Å². The molecule has 23 heavy (non-hydrogen) atoms. The molecule has 0 aromatic heterocycles. The molecular formula is C18H14O5. The monoisotopic (exact) mass is 310 g/mol. The van der Waals surface area contributed by atoms with Crippen LogP contribution in [0, 0.1) is 5.92 Å². The summed E-state index contributed by atoms with van der Waals surface area (Å²) in [5, 5.41) is 18.9. The average molecular weight is 310 g/mol. The molecule has 1 atom stereocenters. The molecule has 0 aliphatic rings. The van der Waals surface area contributed by atoms with Gasteiger partial charge in [0.1, 0.15) is 5.75 Å². The van der Waals surface area contributed by atoms with Crippen molar-refractivity contribution in [3.8, 4) is 5.75 Å². The van der Waals surface area contributed by atoms with Crippen molar-refractivity contribution in [3.05, 3.63) is 71.8 Å². The molecule has 116 valence electrons. The third-order valence-corrected chi connectivity index (χ3v) is 3.20.